The van der Waals surface area contributed by atoms with Gasteiger partial charge < -0.3 is 10.2 Å². The predicted octanol–water partition coefficient (Wildman–Crippen LogP) is 5.51. The molecule has 0 radical (unpaired) electrons. The summed E-state index contributed by atoms with van der Waals surface area (Å²) in [6, 6.07) is -0.660. The van der Waals surface area contributed by atoms with Crippen LogP contribution < -0.4 is 5.32 Å². The second-order valence-electron chi connectivity index (χ2n) is 7.84. The number of hydrogen-bond donors (Lipinski definition) is 1. The minimum atomic E-state index is -3.00. The van der Waals surface area contributed by atoms with Crippen molar-refractivity contribution in [1.82, 2.24) is 20.0 Å². The second-order valence-corrected chi connectivity index (χ2v) is 7.84. The van der Waals surface area contributed by atoms with E-state index < -0.39 is 36.2 Å². The van der Waals surface area contributed by atoms with E-state index in [4.69, 9.17) is 0 Å². The second kappa shape index (κ2) is 13.6. The molecule has 5 nitrogen and oxygen atoms in total. The number of unbranched alkanes of at least 4 members (excludes halogenated alkanes) is 4. The van der Waals surface area contributed by atoms with E-state index >= 15 is 0 Å². The minimum absolute atomic E-state index is 0.205. The fraction of sp³-hybridized carbons (Fsp3) is 0.810. The average Bonchev–Trinajstić information content (AvgIpc) is 3.13. The van der Waals surface area contributed by atoms with E-state index in [-0.39, 0.29) is 6.04 Å². The van der Waals surface area contributed by atoms with Gasteiger partial charge in [0, 0.05) is 12.6 Å². The first-order chi connectivity index (χ1) is 14.2. The van der Waals surface area contributed by atoms with Crippen molar-refractivity contribution in [2.24, 2.45) is 0 Å². The zero-order chi connectivity index (χ0) is 22.7. The molecule has 30 heavy (non-hydrogen) atoms. The molecule has 0 fully saturated rings. The van der Waals surface area contributed by atoms with Crippen LogP contribution in [0.5, 0.6) is 0 Å². The Kier molecular flexibility index (Phi) is 12.0. The lowest BCUT2D eigenvalue weighted by Gasteiger charge is -2.27. The number of halogens is 4. The Morgan fingerprint density at radius 2 is 1.60 bits per heavy atom. The summed E-state index contributed by atoms with van der Waals surface area (Å²) >= 11 is 0. The quantitative estimate of drug-likeness (QED) is 0.291. The molecule has 0 saturated heterocycles. The van der Waals surface area contributed by atoms with Gasteiger partial charge in [0.05, 0.1) is 0 Å². The molecule has 0 aliphatic rings. The highest BCUT2D eigenvalue weighted by Crippen LogP contribution is 2.27. The maximum atomic E-state index is 13.2. The summed E-state index contributed by atoms with van der Waals surface area (Å²) in [5.41, 5.74) is -1.43. The molecule has 1 N–H and O–H groups in total. The molecule has 0 aromatic carbocycles. The molecule has 0 bridgehead atoms. The van der Waals surface area contributed by atoms with Gasteiger partial charge in [-0.1, -0.05) is 39.5 Å². The summed E-state index contributed by atoms with van der Waals surface area (Å²) in [7, 11) is 0. The van der Waals surface area contributed by atoms with Crippen LogP contribution in [0.4, 0.5) is 17.6 Å². The summed E-state index contributed by atoms with van der Waals surface area (Å²) in [5.74, 6) is -0.518. The number of carbonyl (C=O) groups excluding carboxylic acids is 1. The first-order valence-corrected chi connectivity index (χ1v) is 10.9. The van der Waals surface area contributed by atoms with Crippen molar-refractivity contribution in [2.45, 2.75) is 91.2 Å². The first-order valence-electron chi connectivity index (χ1n) is 10.9. The molecule has 1 rings (SSSR count). The van der Waals surface area contributed by atoms with Gasteiger partial charge in [-0.3, -0.25) is 9.48 Å². The standard InChI is InChI=1S/C21H36F4N4O/c1-5-7-9-11-28(12-10-8-6-2)14-15(3)26-21(30)16(4)29-18(20(24)25)13-17(27-29)19(22)23/h13,15-16,19-20H,5-12,14H2,1-4H3,(H,26,30). The van der Waals surface area contributed by atoms with Gasteiger partial charge in [-0.05, 0) is 45.8 Å². The smallest absolute Gasteiger partial charge is 0.282 e. The summed E-state index contributed by atoms with van der Waals surface area (Å²) in [4.78, 5) is 14.9. The Morgan fingerprint density at radius 3 is 2.07 bits per heavy atom. The van der Waals surface area contributed by atoms with Crippen LogP contribution in [0, 0.1) is 0 Å². The van der Waals surface area contributed by atoms with Gasteiger partial charge in [0.25, 0.3) is 12.9 Å². The van der Waals surface area contributed by atoms with Crippen LogP contribution in [0.3, 0.4) is 0 Å². The predicted molar refractivity (Wildman–Crippen MR) is 110 cm³/mol. The highest BCUT2D eigenvalue weighted by atomic mass is 19.3. The van der Waals surface area contributed by atoms with E-state index in [0.717, 1.165) is 51.6 Å². The molecule has 0 spiro atoms. The van der Waals surface area contributed by atoms with E-state index in [1.807, 2.05) is 6.92 Å². The van der Waals surface area contributed by atoms with Crippen molar-refractivity contribution < 1.29 is 22.4 Å². The van der Waals surface area contributed by atoms with Gasteiger partial charge in [0.2, 0.25) is 5.91 Å². The van der Waals surface area contributed by atoms with Gasteiger partial charge >= 0.3 is 0 Å². The Balaban J connectivity index is 2.74. The highest BCUT2D eigenvalue weighted by Gasteiger charge is 2.27. The lowest BCUT2D eigenvalue weighted by atomic mass is 10.2. The Labute approximate surface area is 177 Å². The van der Waals surface area contributed by atoms with Gasteiger partial charge in [-0.2, -0.15) is 5.10 Å². The lowest BCUT2D eigenvalue weighted by molar-refractivity contribution is -0.125. The molecular formula is C21H36F4N4O. The van der Waals surface area contributed by atoms with Crippen molar-refractivity contribution in [3.63, 3.8) is 0 Å². The van der Waals surface area contributed by atoms with Crippen molar-refractivity contribution in [3.8, 4) is 0 Å². The highest BCUT2D eigenvalue weighted by molar-refractivity contribution is 5.80. The van der Waals surface area contributed by atoms with Crippen LogP contribution >= 0.6 is 0 Å². The van der Waals surface area contributed by atoms with Crippen LogP contribution in [0.15, 0.2) is 6.07 Å². The normalized spacial score (nSPS) is 14.0. The topological polar surface area (TPSA) is 50.2 Å². The van der Waals surface area contributed by atoms with Gasteiger partial charge in [0.1, 0.15) is 17.4 Å². The summed E-state index contributed by atoms with van der Waals surface area (Å²) in [6.07, 6.45) is 0.743. The molecule has 1 aromatic heterocycles. The van der Waals surface area contributed by atoms with E-state index in [0.29, 0.717) is 17.3 Å². The number of alkyl halides is 4. The van der Waals surface area contributed by atoms with Crippen molar-refractivity contribution in [3.05, 3.63) is 17.5 Å². The van der Waals surface area contributed by atoms with Gasteiger partial charge in [0.15, 0.2) is 0 Å². The van der Waals surface area contributed by atoms with Crippen molar-refractivity contribution in [2.75, 3.05) is 19.6 Å². The summed E-state index contributed by atoms with van der Waals surface area (Å²) < 4.78 is 52.9. The molecular weight excluding hydrogens is 400 g/mol. The van der Waals surface area contributed by atoms with Crippen molar-refractivity contribution in [1.29, 1.82) is 0 Å². The number of aromatic nitrogens is 2. The fourth-order valence-electron chi connectivity index (χ4n) is 3.38. The van der Waals surface area contributed by atoms with Gasteiger partial charge in [-0.25, -0.2) is 17.6 Å². The van der Waals surface area contributed by atoms with Crippen LogP contribution in [0.2, 0.25) is 0 Å². The molecule has 0 aliphatic carbocycles. The molecule has 0 saturated carbocycles. The molecule has 174 valence electrons. The third-order valence-electron chi connectivity index (χ3n) is 5.05. The molecule has 1 amide bonds. The zero-order valence-electron chi connectivity index (χ0n) is 18.5. The SMILES string of the molecule is CCCCCN(CCCCC)CC(C)NC(=O)C(C)n1nc(C(F)F)cc1C(F)F. The van der Waals surface area contributed by atoms with Crippen LogP contribution in [-0.4, -0.2) is 46.3 Å². The van der Waals surface area contributed by atoms with E-state index in [1.165, 1.54) is 6.92 Å². The lowest BCUT2D eigenvalue weighted by Crippen LogP contribution is -2.45. The van der Waals surface area contributed by atoms with Crippen molar-refractivity contribution >= 4 is 5.91 Å². The minimum Gasteiger partial charge on any atom is -0.351 e. The molecule has 2 atom stereocenters. The van der Waals surface area contributed by atoms with Crippen LogP contribution in [0.25, 0.3) is 0 Å². The van der Waals surface area contributed by atoms with Gasteiger partial charge in [-0.15, -0.1) is 0 Å². The maximum Gasteiger partial charge on any atom is 0.282 e. The Morgan fingerprint density at radius 1 is 1.03 bits per heavy atom. The average molecular weight is 437 g/mol. The molecule has 1 aromatic rings. The summed E-state index contributed by atoms with van der Waals surface area (Å²) in [6.45, 7) is 10.1. The third-order valence-corrected chi connectivity index (χ3v) is 5.05. The molecule has 2 unspecified atom stereocenters. The molecule has 9 heteroatoms. The number of carbonyl (C=O) groups is 1. The Bertz CT molecular complexity index is 614. The van der Waals surface area contributed by atoms with E-state index in [1.54, 1.807) is 0 Å². The number of nitrogens with one attached hydrogen (secondary N) is 1. The number of rotatable bonds is 15. The largest absolute Gasteiger partial charge is 0.351 e. The number of nitrogens with zero attached hydrogens (tertiary/aromatic N) is 3. The van der Waals surface area contributed by atoms with Crippen LogP contribution in [0.1, 0.15) is 96.5 Å². The Hall–Kier alpha value is -1.64. The van der Waals surface area contributed by atoms with Crippen LogP contribution in [-0.2, 0) is 4.79 Å². The first kappa shape index (κ1) is 26.4. The number of amides is 1. The fourth-order valence-corrected chi connectivity index (χ4v) is 3.38. The monoisotopic (exact) mass is 436 g/mol. The van der Waals surface area contributed by atoms with E-state index in [2.05, 4.69) is 29.2 Å². The third kappa shape index (κ3) is 8.62. The molecule has 0 aliphatic heterocycles. The molecule has 1 heterocycles. The number of hydrogen-bond acceptors (Lipinski definition) is 3. The zero-order valence-corrected chi connectivity index (χ0v) is 18.5. The van der Waals surface area contributed by atoms with E-state index in [9.17, 15) is 22.4 Å². The maximum absolute atomic E-state index is 13.2. The summed E-state index contributed by atoms with van der Waals surface area (Å²) in [5, 5.41) is 6.36.